The molecule has 0 heterocycles. The highest BCUT2D eigenvalue weighted by molar-refractivity contribution is 5.79. The smallest absolute Gasteiger partial charge is 0.276 e. The Hall–Kier alpha value is -3.09. The van der Waals surface area contributed by atoms with Gasteiger partial charge in [0.15, 0.2) is 6.61 Å². The summed E-state index contributed by atoms with van der Waals surface area (Å²) in [5, 5.41) is 12.1. The van der Waals surface area contributed by atoms with Crippen LogP contribution in [0, 0.1) is 10.1 Å². The van der Waals surface area contributed by atoms with Gasteiger partial charge in [-0.1, -0.05) is 18.2 Å². The number of rotatable bonds is 6. The molecule has 0 atom stereocenters. The Balaban J connectivity index is 1.83. The number of hydrogen-bond donors (Lipinski definition) is 1. The summed E-state index contributed by atoms with van der Waals surface area (Å²) < 4.78 is 5.28. The quantitative estimate of drug-likeness (QED) is 0.652. The van der Waals surface area contributed by atoms with Gasteiger partial charge >= 0.3 is 0 Å². The molecule has 7 nitrogen and oxygen atoms in total. The molecule has 2 rings (SSSR count). The van der Waals surface area contributed by atoms with Gasteiger partial charge in [-0.15, -0.1) is 0 Å². The van der Waals surface area contributed by atoms with E-state index in [1.165, 1.54) is 24.3 Å². The van der Waals surface area contributed by atoms with Gasteiger partial charge in [-0.2, -0.15) is 0 Å². The largest absolute Gasteiger partial charge is 0.484 e. The summed E-state index contributed by atoms with van der Waals surface area (Å²) in [7, 11) is 1.72. The van der Waals surface area contributed by atoms with E-state index in [-0.39, 0.29) is 18.2 Å². The summed E-state index contributed by atoms with van der Waals surface area (Å²) in [6, 6.07) is 14.9. The van der Waals surface area contributed by atoms with Crippen LogP contribution in [0.2, 0.25) is 0 Å². The number of para-hydroxylation sites is 1. The third-order valence-corrected chi connectivity index (χ3v) is 2.85. The first kappa shape index (κ1) is 15.3. The molecule has 1 N–H and O–H groups in total. The molecule has 0 saturated carbocycles. The minimum Gasteiger partial charge on any atom is -0.484 e. The number of carbonyl (C=O) groups is 1. The summed E-state index contributed by atoms with van der Waals surface area (Å²) in [5.74, 6) is 0.0628. The van der Waals surface area contributed by atoms with Crippen LogP contribution in [0.25, 0.3) is 0 Å². The van der Waals surface area contributed by atoms with Crippen molar-refractivity contribution in [2.75, 3.05) is 18.7 Å². The van der Waals surface area contributed by atoms with E-state index in [1.54, 1.807) is 12.1 Å². The van der Waals surface area contributed by atoms with Crippen LogP contribution in [-0.2, 0) is 4.79 Å². The number of anilines is 1. The molecule has 0 aliphatic heterocycles. The molecule has 0 aliphatic carbocycles. The van der Waals surface area contributed by atoms with E-state index in [0.29, 0.717) is 5.75 Å². The van der Waals surface area contributed by atoms with Crippen LogP contribution < -0.4 is 15.2 Å². The number of hydrazine groups is 1. The molecule has 1 amide bonds. The first-order valence-corrected chi connectivity index (χ1v) is 6.52. The highest BCUT2D eigenvalue weighted by atomic mass is 16.6. The number of nitro benzene ring substituents is 1. The Kier molecular flexibility index (Phi) is 4.92. The van der Waals surface area contributed by atoms with E-state index in [0.717, 1.165) is 5.69 Å². The average Bonchev–Trinajstić information content (AvgIpc) is 2.54. The molecule has 7 heteroatoms. The van der Waals surface area contributed by atoms with Crippen LogP contribution in [0.5, 0.6) is 5.75 Å². The highest BCUT2D eigenvalue weighted by Gasteiger charge is 2.08. The van der Waals surface area contributed by atoms with Crippen LogP contribution in [0.15, 0.2) is 54.6 Å². The van der Waals surface area contributed by atoms with Gasteiger partial charge in [0.1, 0.15) is 5.75 Å². The van der Waals surface area contributed by atoms with Crippen molar-refractivity contribution in [3.63, 3.8) is 0 Å². The Morgan fingerprint density at radius 2 is 1.82 bits per heavy atom. The van der Waals surface area contributed by atoms with Crippen molar-refractivity contribution in [1.82, 2.24) is 5.43 Å². The summed E-state index contributed by atoms with van der Waals surface area (Å²) in [6.07, 6.45) is 0. The molecule has 0 bridgehead atoms. The van der Waals surface area contributed by atoms with E-state index in [4.69, 9.17) is 4.74 Å². The normalized spacial score (nSPS) is 9.86. The predicted molar refractivity (Wildman–Crippen MR) is 81.6 cm³/mol. The number of nitrogens with one attached hydrogen (secondary N) is 1. The summed E-state index contributed by atoms with van der Waals surface area (Å²) in [4.78, 5) is 21.8. The first-order valence-electron chi connectivity index (χ1n) is 6.52. The maximum Gasteiger partial charge on any atom is 0.276 e. The summed E-state index contributed by atoms with van der Waals surface area (Å²) in [6.45, 7) is -0.186. The number of carbonyl (C=O) groups excluding carboxylic acids is 1. The molecule has 2 aromatic rings. The summed E-state index contributed by atoms with van der Waals surface area (Å²) in [5.41, 5.74) is 3.47. The number of nitrogens with zero attached hydrogens (tertiary/aromatic N) is 2. The molecule has 0 aliphatic rings. The lowest BCUT2D eigenvalue weighted by molar-refractivity contribution is -0.384. The predicted octanol–water partition coefficient (Wildman–Crippen LogP) is 2.14. The van der Waals surface area contributed by atoms with Crippen molar-refractivity contribution in [1.29, 1.82) is 0 Å². The Bertz CT molecular complexity index is 644. The standard InChI is InChI=1S/C15H15N3O4/c1-17(12-5-3-2-4-6-12)16-15(19)11-22-14-9-7-13(8-10-14)18(20)21/h2-10H,11H2,1H3,(H,16,19). The van der Waals surface area contributed by atoms with Crippen molar-refractivity contribution in [3.8, 4) is 5.75 Å². The minimum absolute atomic E-state index is 0.0272. The van der Waals surface area contributed by atoms with Crippen LogP contribution in [-0.4, -0.2) is 24.5 Å². The van der Waals surface area contributed by atoms with Crippen LogP contribution in [0.4, 0.5) is 11.4 Å². The molecule has 0 spiro atoms. The van der Waals surface area contributed by atoms with Gasteiger partial charge in [0.05, 0.1) is 10.6 Å². The number of ether oxygens (including phenoxy) is 1. The topological polar surface area (TPSA) is 84.7 Å². The molecule has 0 saturated heterocycles. The van der Waals surface area contributed by atoms with Crippen molar-refractivity contribution < 1.29 is 14.5 Å². The fourth-order valence-electron chi connectivity index (χ4n) is 1.75. The van der Waals surface area contributed by atoms with E-state index in [2.05, 4.69) is 5.43 Å². The van der Waals surface area contributed by atoms with E-state index in [1.807, 2.05) is 30.3 Å². The first-order chi connectivity index (χ1) is 10.6. The molecular formula is C15H15N3O4. The number of hydrogen-bond acceptors (Lipinski definition) is 5. The monoisotopic (exact) mass is 301 g/mol. The Labute approximate surface area is 127 Å². The van der Waals surface area contributed by atoms with Gasteiger partial charge < -0.3 is 4.74 Å². The molecule has 0 radical (unpaired) electrons. The highest BCUT2D eigenvalue weighted by Crippen LogP contribution is 2.17. The van der Waals surface area contributed by atoms with Crippen molar-refractivity contribution in [3.05, 3.63) is 64.7 Å². The molecule has 0 fully saturated rings. The fourth-order valence-corrected chi connectivity index (χ4v) is 1.75. The van der Waals surface area contributed by atoms with Crippen molar-refractivity contribution in [2.45, 2.75) is 0 Å². The third kappa shape index (κ3) is 4.20. The lowest BCUT2D eigenvalue weighted by Crippen LogP contribution is -2.41. The second-order valence-corrected chi connectivity index (χ2v) is 4.47. The molecular weight excluding hydrogens is 286 g/mol. The Morgan fingerprint density at radius 1 is 1.18 bits per heavy atom. The molecule has 22 heavy (non-hydrogen) atoms. The number of nitro groups is 1. The zero-order valence-corrected chi connectivity index (χ0v) is 11.9. The van der Waals surface area contributed by atoms with Crippen molar-refractivity contribution in [2.24, 2.45) is 0 Å². The lowest BCUT2D eigenvalue weighted by atomic mass is 10.3. The SMILES string of the molecule is CN(NC(=O)COc1ccc([N+](=O)[O-])cc1)c1ccccc1. The molecule has 0 aromatic heterocycles. The second-order valence-electron chi connectivity index (χ2n) is 4.47. The molecule has 2 aromatic carbocycles. The van der Waals surface area contributed by atoms with Crippen molar-refractivity contribution >= 4 is 17.3 Å². The zero-order valence-electron chi connectivity index (χ0n) is 11.9. The van der Waals surface area contributed by atoms with Crippen LogP contribution in [0.3, 0.4) is 0 Å². The minimum atomic E-state index is -0.495. The maximum atomic E-state index is 11.8. The van der Waals surface area contributed by atoms with Gasteiger partial charge in [-0.3, -0.25) is 25.3 Å². The van der Waals surface area contributed by atoms with Gasteiger partial charge in [-0.25, -0.2) is 0 Å². The maximum absolute atomic E-state index is 11.8. The number of amides is 1. The van der Waals surface area contributed by atoms with E-state index >= 15 is 0 Å². The molecule has 114 valence electrons. The van der Waals surface area contributed by atoms with Gasteiger partial charge in [0.2, 0.25) is 0 Å². The number of benzene rings is 2. The van der Waals surface area contributed by atoms with Gasteiger partial charge in [0.25, 0.3) is 11.6 Å². The van der Waals surface area contributed by atoms with Gasteiger partial charge in [0, 0.05) is 19.2 Å². The summed E-state index contributed by atoms with van der Waals surface area (Å²) >= 11 is 0. The lowest BCUT2D eigenvalue weighted by Gasteiger charge is -2.20. The van der Waals surface area contributed by atoms with Crippen LogP contribution >= 0.6 is 0 Å². The van der Waals surface area contributed by atoms with E-state index in [9.17, 15) is 14.9 Å². The average molecular weight is 301 g/mol. The fraction of sp³-hybridized carbons (Fsp3) is 0.133. The second kappa shape index (κ2) is 7.07. The Morgan fingerprint density at radius 3 is 2.41 bits per heavy atom. The third-order valence-electron chi connectivity index (χ3n) is 2.85. The molecule has 0 unspecified atom stereocenters. The van der Waals surface area contributed by atoms with Gasteiger partial charge in [-0.05, 0) is 24.3 Å². The number of non-ortho nitro benzene ring substituents is 1. The van der Waals surface area contributed by atoms with E-state index < -0.39 is 4.92 Å². The van der Waals surface area contributed by atoms with Crippen LogP contribution in [0.1, 0.15) is 0 Å². The zero-order chi connectivity index (χ0) is 15.9.